The van der Waals surface area contributed by atoms with Gasteiger partial charge in [-0.25, -0.2) is 4.99 Å². The van der Waals surface area contributed by atoms with Crippen molar-refractivity contribution in [3.8, 4) is 5.75 Å². The lowest BCUT2D eigenvalue weighted by molar-refractivity contribution is 0.340. The summed E-state index contributed by atoms with van der Waals surface area (Å²) in [5.74, 6) is 0.888. The van der Waals surface area contributed by atoms with E-state index in [0.29, 0.717) is 6.61 Å². The molecule has 0 N–H and O–H groups in total. The third-order valence-corrected chi connectivity index (χ3v) is 2.64. The minimum absolute atomic E-state index is 0.694. The fourth-order valence-electron chi connectivity index (χ4n) is 1.83. The Hall–Kier alpha value is -1.51. The summed E-state index contributed by atoms with van der Waals surface area (Å²) in [6.07, 6.45) is 4.51. The molecule has 1 aliphatic rings. The highest BCUT2D eigenvalue weighted by Crippen LogP contribution is 2.19. The standard InChI is InChI=1S/C13H18N2O/c1-2-16-13-7-5-6-12(10-13)14-11-15-8-3-4-9-15/h5-7,10-11H,2-4,8-9H2,1H3. The van der Waals surface area contributed by atoms with E-state index in [9.17, 15) is 0 Å². The molecule has 3 heteroatoms. The molecule has 1 heterocycles. The fraction of sp³-hybridized carbons (Fsp3) is 0.462. The molecule has 0 bridgehead atoms. The van der Waals surface area contributed by atoms with Gasteiger partial charge in [0.25, 0.3) is 0 Å². The van der Waals surface area contributed by atoms with Crippen LogP contribution in [-0.4, -0.2) is 30.9 Å². The number of likely N-dealkylation sites (tertiary alicyclic amines) is 1. The van der Waals surface area contributed by atoms with E-state index in [1.807, 2.05) is 37.5 Å². The molecule has 1 aromatic rings. The predicted octanol–water partition coefficient (Wildman–Crippen LogP) is 2.84. The predicted molar refractivity (Wildman–Crippen MR) is 66.6 cm³/mol. The van der Waals surface area contributed by atoms with Gasteiger partial charge in [0.2, 0.25) is 0 Å². The lowest BCUT2D eigenvalue weighted by atomic mass is 10.3. The van der Waals surface area contributed by atoms with E-state index < -0.39 is 0 Å². The highest BCUT2D eigenvalue weighted by molar-refractivity contribution is 5.62. The van der Waals surface area contributed by atoms with Crippen molar-refractivity contribution in [1.29, 1.82) is 0 Å². The first-order chi connectivity index (χ1) is 7.88. The molecule has 1 saturated heterocycles. The van der Waals surface area contributed by atoms with Crippen LogP contribution in [0.3, 0.4) is 0 Å². The van der Waals surface area contributed by atoms with Gasteiger partial charge in [-0.1, -0.05) is 6.07 Å². The quantitative estimate of drug-likeness (QED) is 0.573. The highest BCUT2D eigenvalue weighted by Gasteiger charge is 2.06. The molecule has 0 saturated carbocycles. The van der Waals surface area contributed by atoms with E-state index in [0.717, 1.165) is 24.5 Å². The van der Waals surface area contributed by atoms with Gasteiger partial charge >= 0.3 is 0 Å². The van der Waals surface area contributed by atoms with Crippen LogP contribution in [0.5, 0.6) is 5.75 Å². The second-order valence-electron chi connectivity index (χ2n) is 3.92. The van der Waals surface area contributed by atoms with Crippen LogP contribution in [0.25, 0.3) is 0 Å². The normalized spacial score (nSPS) is 15.9. The molecule has 3 nitrogen and oxygen atoms in total. The first-order valence-corrected chi connectivity index (χ1v) is 5.89. The third kappa shape index (κ3) is 2.99. The van der Waals surface area contributed by atoms with Gasteiger partial charge < -0.3 is 9.64 Å². The summed E-state index contributed by atoms with van der Waals surface area (Å²) in [5.41, 5.74) is 0.956. The van der Waals surface area contributed by atoms with E-state index in [1.165, 1.54) is 12.8 Å². The second kappa shape index (κ2) is 5.54. The molecule has 0 amide bonds. The minimum atomic E-state index is 0.694. The van der Waals surface area contributed by atoms with Crippen LogP contribution >= 0.6 is 0 Å². The monoisotopic (exact) mass is 218 g/mol. The van der Waals surface area contributed by atoms with Crippen molar-refractivity contribution in [3.05, 3.63) is 24.3 Å². The van der Waals surface area contributed by atoms with Crippen molar-refractivity contribution >= 4 is 12.0 Å². The summed E-state index contributed by atoms with van der Waals surface area (Å²) in [4.78, 5) is 6.71. The summed E-state index contributed by atoms with van der Waals surface area (Å²) >= 11 is 0. The van der Waals surface area contributed by atoms with E-state index >= 15 is 0 Å². The highest BCUT2D eigenvalue weighted by atomic mass is 16.5. The maximum absolute atomic E-state index is 5.43. The van der Waals surface area contributed by atoms with Gasteiger partial charge in [0.15, 0.2) is 0 Å². The van der Waals surface area contributed by atoms with Gasteiger partial charge in [-0.15, -0.1) is 0 Å². The zero-order chi connectivity index (χ0) is 11.2. The van der Waals surface area contributed by atoms with E-state index in [1.54, 1.807) is 0 Å². The molecule has 0 aromatic heterocycles. The largest absolute Gasteiger partial charge is 0.494 e. The van der Waals surface area contributed by atoms with Crippen LogP contribution in [-0.2, 0) is 0 Å². The van der Waals surface area contributed by atoms with E-state index in [2.05, 4.69) is 9.89 Å². The number of benzene rings is 1. The van der Waals surface area contributed by atoms with Crippen LogP contribution in [0.4, 0.5) is 5.69 Å². The average molecular weight is 218 g/mol. The average Bonchev–Trinajstić information content (AvgIpc) is 2.80. The van der Waals surface area contributed by atoms with Crippen molar-refractivity contribution in [2.45, 2.75) is 19.8 Å². The number of rotatable bonds is 4. The Labute approximate surface area is 96.7 Å². The van der Waals surface area contributed by atoms with Crippen molar-refractivity contribution in [3.63, 3.8) is 0 Å². The molecule has 16 heavy (non-hydrogen) atoms. The Bertz CT molecular complexity index is 357. The van der Waals surface area contributed by atoms with Gasteiger partial charge in [-0.05, 0) is 31.9 Å². The molecule has 0 unspecified atom stereocenters. The number of nitrogens with zero attached hydrogens (tertiary/aromatic N) is 2. The first-order valence-electron chi connectivity index (χ1n) is 5.89. The SMILES string of the molecule is CCOc1cccc(N=CN2CCCC2)c1. The van der Waals surface area contributed by atoms with Crippen molar-refractivity contribution in [1.82, 2.24) is 4.90 Å². The number of aliphatic imine (C=N–C) groups is 1. The molecule has 1 fully saturated rings. The van der Waals surface area contributed by atoms with E-state index in [-0.39, 0.29) is 0 Å². The van der Waals surface area contributed by atoms with Crippen LogP contribution in [0, 0.1) is 0 Å². The van der Waals surface area contributed by atoms with Gasteiger partial charge in [0.05, 0.1) is 18.6 Å². The molecule has 2 rings (SSSR count). The van der Waals surface area contributed by atoms with Crippen molar-refractivity contribution in [2.24, 2.45) is 4.99 Å². The van der Waals surface area contributed by atoms with Gasteiger partial charge in [0.1, 0.15) is 5.75 Å². The lowest BCUT2D eigenvalue weighted by Crippen LogP contribution is -2.15. The first kappa shape index (κ1) is 11.0. The van der Waals surface area contributed by atoms with Crippen LogP contribution in [0.2, 0.25) is 0 Å². The minimum Gasteiger partial charge on any atom is -0.494 e. The summed E-state index contributed by atoms with van der Waals surface area (Å²) in [7, 11) is 0. The Morgan fingerprint density at radius 3 is 2.94 bits per heavy atom. The molecular formula is C13H18N2O. The maximum Gasteiger partial charge on any atom is 0.121 e. The van der Waals surface area contributed by atoms with Crippen LogP contribution in [0.1, 0.15) is 19.8 Å². The fourth-order valence-corrected chi connectivity index (χ4v) is 1.83. The maximum atomic E-state index is 5.43. The molecule has 86 valence electrons. The molecule has 0 atom stereocenters. The topological polar surface area (TPSA) is 24.8 Å². The third-order valence-electron chi connectivity index (χ3n) is 2.64. The Morgan fingerprint density at radius 2 is 2.19 bits per heavy atom. The zero-order valence-corrected chi connectivity index (χ0v) is 9.72. The Morgan fingerprint density at radius 1 is 1.38 bits per heavy atom. The van der Waals surface area contributed by atoms with Crippen molar-refractivity contribution in [2.75, 3.05) is 19.7 Å². The van der Waals surface area contributed by atoms with Gasteiger partial charge in [-0.2, -0.15) is 0 Å². The summed E-state index contributed by atoms with van der Waals surface area (Å²) < 4.78 is 5.43. The summed E-state index contributed by atoms with van der Waals surface area (Å²) in [6, 6.07) is 7.89. The van der Waals surface area contributed by atoms with Crippen LogP contribution in [0.15, 0.2) is 29.3 Å². The van der Waals surface area contributed by atoms with E-state index in [4.69, 9.17) is 4.74 Å². The Kier molecular flexibility index (Phi) is 3.81. The van der Waals surface area contributed by atoms with Crippen molar-refractivity contribution < 1.29 is 4.74 Å². The molecular weight excluding hydrogens is 200 g/mol. The zero-order valence-electron chi connectivity index (χ0n) is 9.72. The molecule has 1 aromatic carbocycles. The summed E-state index contributed by atoms with van der Waals surface area (Å²) in [6.45, 7) is 4.95. The number of ether oxygens (including phenoxy) is 1. The van der Waals surface area contributed by atoms with Gasteiger partial charge in [-0.3, -0.25) is 0 Å². The molecule has 1 aliphatic heterocycles. The smallest absolute Gasteiger partial charge is 0.121 e. The Balaban J connectivity index is 1.99. The lowest BCUT2D eigenvalue weighted by Gasteiger charge is -2.09. The van der Waals surface area contributed by atoms with Gasteiger partial charge in [0, 0.05) is 19.2 Å². The molecule has 0 radical (unpaired) electrons. The van der Waals surface area contributed by atoms with Crippen LogP contribution < -0.4 is 4.74 Å². The number of hydrogen-bond acceptors (Lipinski definition) is 2. The summed E-state index contributed by atoms with van der Waals surface area (Å²) in [5, 5.41) is 0. The molecule has 0 aliphatic carbocycles. The number of hydrogen-bond donors (Lipinski definition) is 0. The second-order valence-corrected chi connectivity index (χ2v) is 3.92. The molecule has 0 spiro atoms.